The number of unbranched alkanes of at least 4 members (excludes halogenated alkanes) is 3. The van der Waals surface area contributed by atoms with Crippen LogP contribution in [0.3, 0.4) is 0 Å². The normalized spacial score (nSPS) is 12.8. The van der Waals surface area contributed by atoms with Gasteiger partial charge in [-0.05, 0) is 31.6 Å². The molecule has 0 aliphatic carbocycles. The maximum absolute atomic E-state index is 3.73. The van der Waals surface area contributed by atoms with Crippen LogP contribution < -0.4 is 0 Å². The highest BCUT2D eigenvalue weighted by molar-refractivity contribution is 9.09. The van der Waals surface area contributed by atoms with Crippen molar-refractivity contribution in [2.45, 2.75) is 51.9 Å². The molecule has 0 spiro atoms. The molecule has 0 saturated heterocycles. The van der Waals surface area contributed by atoms with Gasteiger partial charge in [0.25, 0.3) is 0 Å². The Morgan fingerprint density at radius 2 is 1.85 bits per heavy atom. The predicted molar refractivity (Wildman–Crippen MR) is 65.5 cm³/mol. The molecule has 0 amide bonds. The minimum absolute atomic E-state index is 0.918. The van der Waals surface area contributed by atoms with Gasteiger partial charge < -0.3 is 0 Å². The van der Waals surface area contributed by atoms with Gasteiger partial charge >= 0.3 is 0 Å². The topological polar surface area (TPSA) is 0 Å². The van der Waals surface area contributed by atoms with Crippen molar-refractivity contribution in [3.05, 3.63) is 12.7 Å². The van der Waals surface area contributed by atoms with E-state index in [0.29, 0.717) is 0 Å². The molecular formula is C12H23Br. The lowest BCUT2D eigenvalue weighted by atomic mass is 9.98. The van der Waals surface area contributed by atoms with Crippen LogP contribution in [0.4, 0.5) is 0 Å². The largest absolute Gasteiger partial charge is 0.103 e. The third-order valence-electron chi connectivity index (χ3n) is 2.44. The van der Waals surface area contributed by atoms with Crippen LogP contribution in [0.1, 0.15) is 51.9 Å². The van der Waals surface area contributed by atoms with Gasteiger partial charge in [0.05, 0.1) is 0 Å². The zero-order chi connectivity index (χ0) is 9.94. The molecule has 0 nitrogen and oxygen atoms in total. The molecule has 0 radical (unpaired) electrons. The summed E-state index contributed by atoms with van der Waals surface area (Å²) >= 11 is 3.47. The fraction of sp³-hybridized carbons (Fsp3) is 0.833. The van der Waals surface area contributed by atoms with Gasteiger partial charge in [-0.2, -0.15) is 0 Å². The Labute approximate surface area is 91.9 Å². The summed E-state index contributed by atoms with van der Waals surface area (Å²) < 4.78 is 0. The van der Waals surface area contributed by atoms with E-state index in [4.69, 9.17) is 0 Å². The molecule has 0 bridgehead atoms. The summed E-state index contributed by atoms with van der Waals surface area (Å²) in [5.74, 6) is 0.918. The van der Waals surface area contributed by atoms with Gasteiger partial charge in [0, 0.05) is 5.33 Å². The Kier molecular flexibility index (Phi) is 10.5. The Morgan fingerprint density at radius 1 is 1.15 bits per heavy atom. The number of halogens is 1. The summed E-state index contributed by atoms with van der Waals surface area (Å²) in [7, 11) is 0. The summed E-state index contributed by atoms with van der Waals surface area (Å²) in [6, 6.07) is 0. The second-order valence-corrected chi connectivity index (χ2v) is 4.66. The number of alkyl halides is 1. The zero-order valence-corrected chi connectivity index (χ0v) is 10.5. The second kappa shape index (κ2) is 10.3. The molecule has 0 unspecified atom stereocenters. The third-order valence-corrected chi connectivity index (χ3v) is 3.00. The first-order chi connectivity index (χ1) is 6.31. The molecule has 13 heavy (non-hydrogen) atoms. The first kappa shape index (κ1) is 13.2. The molecular weight excluding hydrogens is 224 g/mol. The van der Waals surface area contributed by atoms with Crippen molar-refractivity contribution in [1.82, 2.24) is 0 Å². The van der Waals surface area contributed by atoms with Gasteiger partial charge in [-0.15, -0.1) is 6.58 Å². The maximum atomic E-state index is 3.73. The zero-order valence-electron chi connectivity index (χ0n) is 8.90. The lowest BCUT2D eigenvalue weighted by Gasteiger charge is -2.09. The van der Waals surface area contributed by atoms with Crippen molar-refractivity contribution in [1.29, 1.82) is 0 Å². The van der Waals surface area contributed by atoms with Gasteiger partial charge in [0.1, 0.15) is 0 Å². The van der Waals surface area contributed by atoms with E-state index in [1.165, 1.54) is 44.9 Å². The van der Waals surface area contributed by atoms with E-state index in [9.17, 15) is 0 Å². The van der Waals surface area contributed by atoms with Crippen molar-refractivity contribution in [3.63, 3.8) is 0 Å². The molecule has 0 rings (SSSR count). The molecule has 0 fully saturated rings. The molecule has 0 aromatic carbocycles. The maximum Gasteiger partial charge on any atom is 0.00314 e. The highest BCUT2D eigenvalue weighted by Gasteiger charge is 2.00. The van der Waals surface area contributed by atoms with Crippen LogP contribution in [-0.2, 0) is 0 Å². The molecule has 0 aliphatic rings. The molecule has 1 heteroatoms. The van der Waals surface area contributed by atoms with Crippen LogP contribution in [0.15, 0.2) is 12.7 Å². The number of hydrogen-bond acceptors (Lipinski definition) is 0. The molecule has 0 saturated carbocycles. The quantitative estimate of drug-likeness (QED) is 0.308. The van der Waals surface area contributed by atoms with Crippen molar-refractivity contribution in [3.8, 4) is 0 Å². The molecule has 0 heterocycles. The van der Waals surface area contributed by atoms with Crippen molar-refractivity contribution in [2.75, 3.05) is 5.33 Å². The van der Waals surface area contributed by atoms with Crippen LogP contribution in [0.2, 0.25) is 0 Å². The third kappa shape index (κ3) is 10.1. The fourth-order valence-corrected chi connectivity index (χ4v) is 1.85. The SMILES string of the molecule is C=CCCCCC[C@@H](C)CCCBr. The lowest BCUT2D eigenvalue weighted by Crippen LogP contribution is -1.95. The van der Waals surface area contributed by atoms with E-state index in [1.54, 1.807) is 0 Å². The van der Waals surface area contributed by atoms with E-state index in [0.717, 1.165) is 11.2 Å². The number of hydrogen-bond donors (Lipinski definition) is 0. The Hall–Kier alpha value is 0.220. The number of allylic oxidation sites excluding steroid dienone is 1. The van der Waals surface area contributed by atoms with Crippen LogP contribution in [0.5, 0.6) is 0 Å². The highest BCUT2D eigenvalue weighted by atomic mass is 79.9. The predicted octanol–water partition coefficient (Wildman–Crippen LogP) is 4.93. The van der Waals surface area contributed by atoms with Gasteiger partial charge in [0.15, 0.2) is 0 Å². The minimum atomic E-state index is 0.918. The Balaban J connectivity index is 3.07. The standard InChI is InChI=1S/C12H23Br/c1-3-4-5-6-7-9-12(2)10-8-11-13/h3,12H,1,4-11H2,2H3/t12-/m1/s1. The van der Waals surface area contributed by atoms with Crippen LogP contribution in [0.25, 0.3) is 0 Å². The van der Waals surface area contributed by atoms with Crippen molar-refractivity contribution in [2.24, 2.45) is 5.92 Å². The summed E-state index contributed by atoms with van der Waals surface area (Å²) in [5.41, 5.74) is 0. The first-order valence-electron chi connectivity index (χ1n) is 5.48. The van der Waals surface area contributed by atoms with E-state index >= 15 is 0 Å². The number of rotatable bonds is 9. The molecule has 1 atom stereocenters. The van der Waals surface area contributed by atoms with E-state index in [1.807, 2.05) is 6.08 Å². The van der Waals surface area contributed by atoms with Crippen LogP contribution in [-0.4, -0.2) is 5.33 Å². The van der Waals surface area contributed by atoms with Crippen LogP contribution >= 0.6 is 15.9 Å². The van der Waals surface area contributed by atoms with Gasteiger partial charge in [-0.1, -0.05) is 48.2 Å². The molecule has 0 N–H and O–H groups in total. The first-order valence-corrected chi connectivity index (χ1v) is 6.60. The second-order valence-electron chi connectivity index (χ2n) is 3.86. The minimum Gasteiger partial charge on any atom is -0.103 e. The Morgan fingerprint density at radius 3 is 2.46 bits per heavy atom. The lowest BCUT2D eigenvalue weighted by molar-refractivity contribution is 0.459. The smallest absolute Gasteiger partial charge is 0.00314 e. The monoisotopic (exact) mass is 246 g/mol. The van der Waals surface area contributed by atoms with E-state index in [-0.39, 0.29) is 0 Å². The van der Waals surface area contributed by atoms with Gasteiger partial charge in [0.2, 0.25) is 0 Å². The average molecular weight is 247 g/mol. The van der Waals surface area contributed by atoms with Gasteiger partial charge in [-0.25, -0.2) is 0 Å². The molecule has 78 valence electrons. The molecule has 0 aromatic heterocycles. The van der Waals surface area contributed by atoms with Crippen LogP contribution in [0, 0.1) is 5.92 Å². The molecule has 0 aliphatic heterocycles. The summed E-state index contributed by atoms with van der Waals surface area (Å²) in [6.07, 6.45) is 11.4. The highest BCUT2D eigenvalue weighted by Crippen LogP contribution is 2.15. The van der Waals surface area contributed by atoms with Crippen molar-refractivity contribution < 1.29 is 0 Å². The van der Waals surface area contributed by atoms with Gasteiger partial charge in [-0.3, -0.25) is 0 Å². The average Bonchev–Trinajstić information content (AvgIpc) is 2.14. The fourth-order valence-electron chi connectivity index (χ4n) is 1.53. The molecule has 0 aromatic rings. The van der Waals surface area contributed by atoms with E-state index in [2.05, 4.69) is 29.4 Å². The van der Waals surface area contributed by atoms with Crippen molar-refractivity contribution >= 4 is 15.9 Å². The summed E-state index contributed by atoms with van der Waals surface area (Å²) in [5, 5.41) is 1.16. The Bertz CT molecular complexity index is 110. The van der Waals surface area contributed by atoms with E-state index < -0.39 is 0 Å². The summed E-state index contributed by atoms with van der Waals surface area (Å²) in [6.45, 7) is 6.10. The summed E-state index contributed by atoms with van der Waals surface area (Å²) in [4.78, 5) is 0.